The van der Waals surface area contributed by atoms with Crippen LogP contribution in [-0.2, 0) is 6.42 Å². The summed E-state index contributed by atoms with van der Waals surface area (Å²) in [6.07, 6.45) is 4.27. The molecule has 0 unspecified atom stereocenters. The summed E-state index contributed by atoms with van der Waals surface area (Å²) < 4.78 is 0.866. The first-order valence-electron chi connectivity index (χ1n) is 5.53. The van der Waals surface area contributed by atoms with E-state index in [0.29, 0.717) is 0 Å². The van der Waals surface area contributed by atoms with E-state index in [4.69, 9.17) is 0 Å². The lowest BCUT2D eigenvalue weighted by Crippen LogP contribution is -2.00. The SMILES string of the molecule is CCc1cccc(C)c1Nc1ncncc1Br. The fraction of sp³-hybridized carbons (Fsp3) is 0.231. The third-order valence-corrected chi connectivity index (χ3v) is 3.23. The smallest absolute Gasteiger partial charge is 0.148 e. The monoisotopic (exact) mass is 291 g/mol. The Balaban J connectivity index is 2.39. The van der Waals surface area contributed by atoms with Crippen LogP contribution in [0.5, 0.6) is 0 Å². The molecule has 0 atom stereocenters. The molecule has 0 fully saturated rings. The molecule has 0 aliphatic heterocycles. The van der Waals surface area contributed by atoms with E-state index in [1.807, 2.05) is 0 Å². The van der Waals surface area contributed by atoms with Gasteiger partial charge in [0.1, 0.15) is 12.1 Å². The van der Waals surface area contributed by atoms with Gasteiger partial charge in [-0.1, -0.05) is 25.1 Å². The van der Waals surface area contributed by atoms with E-state index in [0.717, 1.165) is 22.4 Å². The molecule has 2 rings (SSSR count). The van der Waals surface area contributed by atoms with Gasteiger partial charge in [-0.2, -0.15) is 0 Å². The number of benzene rings is 1. The van der Waals surface area contributed by atoms with Gasteiger partial charge in [0.05, 0.1) is 4.47 Å². The number of rotatable bonds is 3. The fourth-order valence-electron chi connectivity index (χ4n) is 1.73. The highest BCUT2D eigenvalue weighted by Crippen LogP contribution is 2.27. The molecule has 0 spiro atoms. The van der Waals surface area contributed by atoms with Crippen LogP contribution < -0.4 is 5.32 Å². The summed E-state index contributed by atoms with van der Waals surface area (Å²) in [7, 11) is 0. The highest BCUT2D eigenvalue weighted by atomic mass is 79.9. The standard InChI is InChI=1S/C13H14BrN3/c1-3-10-6-4-5-9(2)12(10)17-13-11(14)7-15-8-16-13/h4-8H,3H2,1-2H3,(H,15,16,17). The van der Waals surface area contributed by atoms with Crippen molar-refractivity contribution in [3.05, 3.63) is 46.3 Å². The number of aromatic nitrogens is 2. The zero-order valence-electron chi connectivity index (χ0n) is 9.87. The molecule has 2 aromatic rings. The summed E-state index contributed by atoms with van der Waals surface area (Å²) in [6.45, 7) is 4.24. The first-order valence-corrected chi connectivity index (χ1v) is 6.32. The number of anilines is 2. The number of hydrogen-bond acceptors (Lipinski definition) is 3. The van der Waals surface area contributed by atoms with Crippen molar-refractivity contribution in [1.82, 2.24) is 9.97 Å². The average molecular weight is 292 g/mol. The third-order valence-electron chi connectivity index (χ3n) is 2.65. The van der Waals surface area contributed by atoms with Gasteiger partial charge in [0.15, 0.2) is 0 Å². The average Bonchev–Trinajstić information content (AvgIpc) is 2.34. The molecule has 1 aromatic heterocycles. The van der Waals surface area contributed by atoms with Crippen molar-refractivity contribution in [3.8, 4) is 0 Å². The zero-order chi connectivity index (χ0) is 12.3. The molecule has 1 aromatic carbocycles. The predicted molar refractivity (Wildman–Crippen MR) is 73.6 cm³/mol. The lowest BCUT2D eigenvalue weighted by Gasteiger charge is -2.13. The predicted octanol–water partition coefficient (Wildman–Crippen LogP) is 3.85. The van der Waals surface area contributed by atoms with Crippen LogP contribution in [0, 0.1) is 6.92 Å². The van der Waals surface area contributed by atoms with Gasteiger partial charge in [0, 0.05) is 11.9 Å². The summed E-state index contributed by atoms with van der Waals surface area (Å²) in [5.41, 5.74) is 3.64. The van der Waals surface area contributed by atoms with Gasteiger partial charge in [-0.15, -0.1) is 0 Å². The summed E-state index contributed by atoms with van der Waals surface area (Å²) >= 11 is 3.44. The second-order valence-corrected chi connectivity index (χ2v) is 4.66. The number of nitrogens with zero attached hydrogens (tertiary/aromatic N) is 2. The third kappa shape index (κ3) is 2.64. The number of hydrogen-bond donors (Lipinski definition) is 1. The van der Waals surface area contributed by atoms with Crippen LogP contribution in [0.15, 0.2) is 35.2 Å². The fourth-order valence-corrected chi connectivity index (χ4v) is 2.04. The van der Waals surface area contributed by atoms with Gasteiger partial charge in [0.2, 0.25) is 0 Å². The maximum Gasteiger partial charge on any atom is 0.148 e. The first-order chi connectivity index (χ1) is 8.22. The Morgan fingerprint density at radius 3 is 2.88 bits per heavy atom. The van der Waals surface area contributed by atoms with E-state index < -0.39 is 0 Å². The van der Waals surface area contributed by atoms with E-state index in [9.17, 15) is 0 Å². The molecule has 3 nitrogen and oxygen atoms in total. The van der Waals surface area contributed by atoms with Crippen LogP contribution in [0.4, 0.5) is 11.5 Å². The zero-order valence-corrected chi connectivity index (χ0v) is 11.5. The van der Waals surface area contributed by atoms with Crippen LogP contribution in [0.3, 0.4) is 0 Å². The molecule has 0 amide bonds. The van der Waals surface area contributed by atoms with Crippen molar-refractivity contribution in [2.24, 2.45) is 0 Å². The van der Waals surface area contributed by atoms with Crippen molar-refractivity contribution in [1.29, 1.82) is 0 Å². The van der Waals surface area contributed by atoms with Gasteiger partial charge in [0.25, 0.3) is 0 Å². The Bertz CT molecular complexity index is 526. The number of aryl methyl sites for hydroxylation is 2. The van der Waals surface area contributed by atoms with Gasteiger partial charge in [-0.25, -0.2) is 9.97 Å². The van der Waals surface area contributed by atoms with Crippen molar-refractivity contribution >= 4 is 27.4 Å². The Morgan fingerprint density at radius 1 is 1.35 bits per heavy atom. The molecule has 0 aliphatic carbocycles. The van der Waals surface area contributed by atoms with E-state index in [1.54, 1.807) is 6.20 Å². The molecule has 1 heterocycles. The van der Waals surface area contributed by atoms with Crippen LogP contribution >= 0.6 is 15.9 Å². The van der Waals surface area contributed by atoms with E-state index >= 15 is 0 Å². The quantitative estimate of drug-likeness (QED) is 0.933. The summed E-state index contributed by atoms with van der Waals surface area (Å²) in [5.74, 6) is 0.795. The van der Waals surface area contributed by atoms with Gasteiger partial charge in [-0.3, -0.25) is 0 Å². The molecular weight excluding hydrogens is 278 g/mol. The Morgan fingerprint density at radius 2 is 2.18 bits per heavy atom. The number of para-hydroxylation sites is 1. The molecule has 0 saturated heterocycles. The molecule has 0 saturated carbocycles. The largest absolute Gasteiger partial charge is 0.339 e. The van der Waals surface area contributed by atoms with Gasteiger partial charge in [-0.05, 0) is 40.4 Å². The molecule has 4 heteroatoms. The van der Waals surface area contributed by atoms with Crippen molar-refractivity contribution in [2.75, 3.05) is 5.32 Å². The van der Waals surface area contributed by atoms with Crippen molar-refractivity contribution in [3.63, 3.8) is 0 Å². The van der Waals surface area contributed by atoms with Crippen LogP contribution in [0.25, 0.3) is 0 Å². The first kappa shape index (κ1) is 12.0. The molecule has 88 valence electrons. The second kappa shape index (κ2) is 5.27. The molecule has 17 heavy (non-hydrogen) atoms. The van der Waals surface area contributed by atoms with Gasteiger partial charge >= 0.3 is 0 Å². The molecular formula is C13H14BrN3. The number of halogens is 1. The van der Waals surface area contributed by atoms with E-state index in [-0.39, 0.29) is 0 Å². The maximum absolute atomic E-state index is 4.22. The lowest BCUT2D eigenvalue weighted by molar-refractivity contribution is 1.11. The van der Waals surface area contributed by atoms with Crippen LogP contribution in [-0.4, -0.2) is 9.97 Å². The molecule has 0 bridgehead atoms. The normalized spacial score (nSPS) is 10.3. The minimum Gasteiger partial charge on any atom is -0.339 e. The summed E-state index contributed by atoms with van der Waals surface area (Å²) in [4.78, 5) is 8.17. The summed E-state index contributed by atoms with van der Waals surface area (Å²) in [5, 5.41) is 3.36. The van der Waals surface area contributed by atoms with Crippen molar-refractivity contribution < 1.29 is 0 Å². The van der Waals surface area contributed by atoms with Crippen molar-refractivity contribution in [2.45, 2.75) is 20.3 Å². The van der Waals surface area contributed by atoms with E-state index in [1.165, 1.54) is 17.5 Å². The maximum atomic E-state index is 4.22. The molecule has 0 radical (unpaired) electrons. The Hall–Kier alpha value is -1.42. The Kier molecular flexibility index (Phi) is 3.74. The molecule has 0 aliphatic rings. The van der Waals surface area contributed by atoms with E-state index in [2.05, 4.69) is 63.3 Å². The minimum absolute atomic E-state index is 0.795. The molecule has 1 N–H and O–H groups in total. The second-order valence-electron chi connectivity index (χ2n) is 3.81. The highest BCUT2D eigenvalue weighted by Gasteiger charge is 2.07. The lowest BCUT2D eigenvalue weighted by atomic mass is 10.1. The minimum atomic E-state index is 0.795. The van der Waals surface area contributed by atoms with Gasteiger partial charge < -0.3 is 5.32 Å². The highest BCUT2D eigenvalue weighted by molar-refractivity contribution is 9.10. The summed E-state index contributed by atoms with van der Waals surface area (Å²) in [6, 6.07) is 6.30. The number of nitrogens with one attached hydrogen (secondary N) is 1. The van der Waals surface area contributed by atoms with Crippen LogP contribution in [0.1, 0.15) is 18.1 Å². The Labute approximate surface area is 109 Å². The van der Waals surface area contributed by atoms with Crippen LogP contribution in [0.2, 0.25) is 0 Å². The topological polar surface area (TPSA) is 37.8 Å².